The van der Waals surface area contributed by atoms with Crippen LogP contribution in [0.25, 0.3) is 0 Å². The third-order valence-corrected chi connectivity index (χ3v) is 2.59. The van der Waals surface area contributed by atoms with Crippen molar-refractivity contribution in [2.75, 3.05) is 5.75 Å². The fraction of sp³-hybridized carbons (Fsp3) is 1.00. The van der Waals surface area contributed by atoms with E-state index < -0.39 is 11.1 Å². The molecule has 0 heterocycles. The van der Waals surface area contributed by atoms with Gasteiger partial charge in [-0.15, -0.1) is 0 Å². The minimum Gasteiger partial charge on any atom is -0.772 e. The Morgan fingerprint density at radius 2 is 1.90 bits per heavy atom. The Morgan fingerprint density at radius 3 is 2.30 bits per heavy atom. The van der Waals surface area contributed by atoms with Crippen molar-refractivity contribution in [1.82, 2.24) is 0 Å². The molecule has 1 rings (SSSR count). The van der Waals surface area contributed by atoms with E-state index in [1.807, 2.05) is 0 Å². The Hall–Kier alpha value is 1.11. The van der Waals surface area contributed by atoms with Gasteiger partial charge in [-0.25, -0.2) is 0 Å². The second-order valence-electron chi connectivity index (χ2n) is 2.62. The minimum absolute atomic E-state index is 0. The molecule has 2 nitrogen and oxygen atoms in total. The molecule has 54 valence electrons. The molecule has 1 aliphatic rings. The summed E-state index contributed by atoms with van der Waals surface area (Å²) in [5, 5.41) is 0. The van der Waals surface area contributed by atoms with Crippen LogP contribution in [0.4, 0.5) is 0 Å². The van der Waals surface area contributed by atoms with Gasteiger partial charge in [0.15, 0.2) is 0 Å². The van der Waals surface area contributed by atoms with E-state index in [0.717, 1.165) is 12.8 Å². The molecule has 0 amide bonds. The molecule has 0 bridgehead atoms. The van der Waals surface area contributed by atoms with Gasteiger partial charge < -0.3 is 4.55 Å². The zero-order valence-corrected chi connectivity index (χ0v) is 9.15. The first-order valence-corrected chi connectivity index (χ1v) is 4.59. The van der Waals surface area contributed by atoms with E-state index in [2.05, 4.69) is 0 Å². The van der Waals surface area contributed by atoms with Crippen LogP contribution in [0.15, 0.2) is 0 Å². The summed E-state index contributed by atoms with van der Waals surface area (Å²) in [5.74, 6) is 0.864. The molecule has 0 radical (unpaired) electrons. The first-order valence-electron chi connectivity index (χ1n) is 3.35. The molecular formula is C6H11NaO2S. The molecule has 0 spiro atoms. The molecule has 0 aromatic rings. The van der Waals surface area contributed by atoms with Crippen molar-refractivity contribution in [2.45, 2.75) is 25.7 Å². The molecule has 0 aromatic carbocycles. The smallest absolute Gasteiger partial charge is 0.772 e. The van der Waals surface area contributed by atoms with Crippen LogP contribution in [0.5, 0.6) is 0 Å². The second-order valence-corrected chi connectivity index (χ2v) is 3.56. The zero-order valence-electron chi connectivity index (χ0n) is 6.34. The summed E-state index contributed by atoms with van der Waals surface area (Å²) >= 11 is -1.81. The normalized spacial score (nSPS) is 22.1. The Kier molecular flexibility index (Phi) is 6.36. The van der Waals surface area contributed by atoms with Gasteiger partial charge >= 0.3 is 29.6 Å². The maximum Gasteiger partial charge on any atom is 1.00 e. The van der Waals surface area contributed by atoms with Gasteiger partial charge in [-0.05, 0) is 18.8 Å². The summed E-state index contributed by atoms with van der Waals surface area (Å²) < 4.78 is 20.3. The van der Waals surface area contributed by atoms with Crippen molar-refractivity contribution in [2.24, 2.45) is 5.92 Å². The number of hydrogen-bond donors (Lipinski definition) is 0. The molecule has 4 heteroatoms. The van der Waals surface area contributed by atoms with E-state index in [1.54, 1.807) is 0 Å². The van der Waals surface area contributed by atoms with Crippen LogP contribution in [0.3, 0.4) is 0 Å². The van der Waals surface area contributed by atoms with Crippen LogP contribution in [0.2, 0.25) is 0 Å². The van der Waals surface area contributed by atoms with Crippen LogP contribution in [-0.4, -0.2) is 14.5 Å². The molecule has 1 saturated carbocycles. The largest absolute Gasteiger partial charge is 1.00 e. The molecule has 1 unspecified atom stereocenters. The van der Waals surface area contributed by atoms with Gasteiger partial charge in [0.1, 0.15) is 0 Å². The first-order chi connectivity index (χ1) is 4.29. The number of hydrogen-bond acceptors (Lipinski definition) is 2. The fourth-order valence-corrected chi connectivity index (χ4v) is 2.09. The van der Waals surface area contributed by atoms with Gasteiger partial charge in [-0.3, -0.25) is 4.21 Å². The average molecular weight is 170 g/mol. The monoisotopic (exact) mass is 170 g/mol. The molecule has 1 fully saturated rings. The van der Waals surface area contributed by atoms with E-state index in [9.17, 15) is 8.76 Å². The summed E-state index contributed by atoms with van der Waals surface area (Å²) in [5.41, 5.74) is 0. The van der Waals surface area contributed by atoms with Crippen LogP contribution in [-0.2, 0) is 11.1 Å². The van der Waals surface area contributed by atoms with Crippen molar-refractivity contribution >= 4 is 11.1 Å². The Labute approximate surface area is 86.3 Å². The first kappa shape index (κ1) is 11.1. The molecule has 1 aliphatic carbocycles. The van der Waals surface area contributed by atoms with Crippen molar-refractivity contribution in [3.63, 3.8) is 0 Å². The second kappa shape index (κ2) is 5.72. The predicted molar refractivity (Wildman–Crippen MR) is 35.7 cm³/mol. The Bertz CT molecular complexity index is 112. The zero-order chi connectivity index (χ0) is 6.69. The molecule has 0 saturated heterocycles. The predicted octanol–water partition coefficient (Wildman–Crippen LogP) is -1.94. The summed E-state index contributed by atoms with van der Waals surface area (Å²) in [4.78, 5) is 0. The Morgan fingerprint density at radius 1 is 1.40 bits per heavy atom. The summed E-state index contributed by atoms with van der Waals surface area (Å²) in [6.07, 6.45) is 4.69. The van der Waals surface area contributed by atoms with Gasteiger partial charge in [0.25, 0.3) is 0 Å². The van der Waals surface area contributed by atoms with Crippen LogP contribution < -0.4 is 29.6 Å². The SMILES string of the molecule is O=S([O-])CC1CCCC1.[Na+]. The summed E-state index contributed by atoms with van der Waals surface area (Å²) in [6, 6.07) is 0. The van der Waals surface area contributed by atoms with Crippen LogP contribution in [0, 0.1) is 5.92 Å². The van der Waals surface area contributed by atoms with E-state index in [0.29, 0.717) is 11.7 Å². The molecule has 0 aliphatic heterocycles. The van der Waals surface area contributed by atoms with Crippen molar-refractivity contribution < 1.29 is 38.3 Å². The summed E-state index contributed by atoms with van der Waals surface area (Å²) in [6.45, 7) is 0. The average Bonchev–Trinajstić information content (AvgIpc) is 2.15. The molecule has 1 atom stereocenters. The van der Waals surface area contributed by atoms with Gasteiger partial charge in [-0.2, -0.15) is 0 Å². The maximum absolute atomic E-state index is 10.2. The van der Waals surface area contributed by atoms with Crippen molar-refractivity contribution in [3.8, 4) is 0 Å². The topological polar surface area (TPSA) is 40.1 Å². The third kappa shape index (κ3) is 4.09. The van der Waals surface area contributed by atoms with Gasteiger partial charge in [-0.1, -0.05) is 23.9 Å². The van der Waals surface area contributed by atoms with E-state index in [4.69, 9.17) is 0 Å². The number of rotatable bonds is 2. The van der Waals surface area contributed by atoms with Gasteiger partial charge in [0.2, 0.25) is 0 Å². The minimum atomic E-state index is -1.81. The van der Waals surface area contributed by atoms with Crippen LogP contribution in [0.1, 0.15) is 25.7 Å². The van der Waals surface area contributed by atoms with E-state index >= 15 is 0 Å². The standard InChI is InChI=1S/C6H12O2S.Na/c7-9(8)5-6-3-1-2-4-6;/h6H,1-5H2,(H,7,8);/q;+1/p-1. The maximum atomic E-state index is 10.2. The third-order valence-electron chi connectivity index (χ3n) is 1.85. The Balaban J connectivity index is 0.000000810. The van der Waals surface area contributed by atoms with Gasteiger partial charge in [0, 0.05) is 5.75 Å². The van der Waals surface area contributed by atoms with Crippen molar-refractivity contribution in [1.29, 1.82) is 0 Å². The van der Waals surface area contributed by atoms with E-state index in [1.165, 1.54) is 12.8 Å². The fourth-order valence-electron chi connectivity index (χ4n) is 1.37. The summed E-state index contributed by atoms with van der Waals surface area (Å²) in [7, 11) is 0. The molecule has 10 heavy (non-hydrogen) atoms. The molecular weight excluding hydrogens is 159 g/mol. The molecule has 0 aromatic heterocycles. The van der Waals surface area contributed by atoms with E-state index in [-0.39, 0.29) is 29.6 Å². The van der Waals surface area contributed by atoms with Crippen LogP contribution >= 0.6 is 0 Å². The van der Waals surface area contributed by atoms with Gasteiger partial charge in [0.05, 0.1) is 0 Å². The quantitative estimate of drug-likeness (QED) is 0.357. The molecule has 0 N–H and O–H groups in total. The van der Waals surface area contributed by atoms with Crippen molar-refractivity contribution in [3.05, 3.63) is 0 Å².